The number of esters is 10. The molecule has 27 heteroatoms. The molecule has 3 saturated heterocycles. The van der Waals surface area contributed by atoms with Gasteiger partial charge in [0.15, 0.2) is 61.6 Å². The third kappa shape index (κ3) is 17.5. The minimum absolute atomic E-state index is 0.107. The first kappa shape index (κ1) is 49.8. The van der Waals surface area contributed by atoms with E-state index in [9.17, 15) is 47.9 Å². The standard InChI is InChI=1S/C40H55BrO26/c1-16(42)53-13-26-29(56-19(4)45)32(57-20(5)46)36(61-24(9)50)39(64-26)67-31-28(15-55-18(3)44)65-40(37(62-25(10)51)34(31)59-22(7)48)66-30-27(14-54-17(2)43)63-38(52-12-11-41)35(60-23(8)49)33(30)58-21(6)47/h26-40H,11-15H2,1-10H3/t26-,27-,28-,29+,30-,31+,32+,33+,34+,35-,36-,37-,38-,39-,40+/m1/s1/i13D2,15D2. The summed E-state index contributed by atoms with van der Waals surface area (Å²) in [5.74, 6) is -11.4. The lowest BCUT2D eigenvalue weighted by Crippen LogP contribution is -2.69. The normalized spacial score (nSPS) is 32.7. The predicted octanol–water partition coefficient (Wildman–Crippen LogP) is -0.446. The number of carbonyl (C=O) groups excluding carboxylic acids is 10. The summed E-state index contributed by atoms with van der Waals surface area (Å²) >= 11 is 3.19. The molecule has 0 amide bonds. The van der Waals surface area contributed by atoms with Gasteiger partial charge < -0.3 is 75.8 Å². The van der Waals surface area contributed by atoms with Crippen LogP contribution in [0.15, 0.2) is 0 Å². The molecule has 15 atom stereocenters. The third-order valence-electron chi connectivity index (χ3n) is 8.73. The van der Waals surface area contributed by atoms with Crippen LogP contribution in [0.1, 0.15) is 74.7 Å². The highest BCUT2D eigenvalue weighted by atomic mass is 79.9. The second-order valence-electron chi connectivity index (χ2n) is 14.4. The van der Waals surface area contributed by atoms with Gasteiger partial charge in [-0.25, -0.2) is 0 Å². The van der Waals surface area contributed by atoms with E-state index in [0.29, 0.717) is 0 Å². The molecule has 0 spiro atoms. The molecule has 3 heterocycles. The fraction of sp³-hybridized carbons (Fsp3) is 0.750. The quantitative estimate of drug-likeness (QED) is 0.0847. The van der Waals surface area contributed by atoms with Crippen LogP contribution < -0.4 is 0 Å². The summed E-state index contributed by atoms with van der Waals surface area (Å²) in [7, 11) is 0. The summed E-state index contributed by atoms with van der Waals surface area (Å²) in [6.45, 7) is 1.02. The second-order valence-corrected chi connectivity index (χ2v) is 15.2. The van der Waals surface area contributed by atoms with Gasteiger partial charge in [0.25, 0.3) is 0 Å². The van der Waals surface area contributed by atoms with Gasteiger partial charge in [-0.2, -0.15) is 0 Å². The zero-order valence-corrected chi connectivity index (χ0v) is 39.4. The zero-order valence-electron chi connectivity index (χ0n) is 41.8. The number of halogens is 1. The molecule has 3 aliphatic heterocycles. The molecule has 0 aromatic heterocycles. The fourth-order valence-electron chi connectivity index (χ4n) is 6.69. The van der Waals surface area contributed by atoms with Crippen LogP contribution in [0.3, 0.4) is 0 Å². The van der Waals surface area contributed by atoms with Gasteiger partial charge in [-0.1, -0.05) is 15.9 Å². The van der Waals surface area contributed by atoms with Gasteiger partial charge in [0.05, 0.1) is 12.1 Å². The van der Waals surface area contributed by atoms with Crippen molar-refractivity contribution in [2.75, 3.05) is 31.7 Å². The maximum Gasteiger partial charge on any atom is 0.303 e. The third-order valence-corrected chi connectivity index (χ3v) is 9.05. The molecule has 67 heavy (non-hydrogen) atoms. The molecule has 0 N–H and O–H groups in total. The first-order valence-corrected chi connectivity index (χ1v) is 21.2. The van der Waals surface area contributed by atoms with Gasteiger partial charge in [-0.15, -0.1) is 0 Å². The van der Waals surface area contributed by atoms with Gasteiger partial charge in [0.2, 0.25) is 0 Å². The predicted molar refractivity (Wildman–Crippen MR) is 214 cm³/mol. The highest BCUT2D eigenvalue weighted by Gasteiger charge is 2.60. The van der Waals surface area contributed by atoms with E-state index in [1.54, 1.807) is 0 Å². The van der Waals surface area contributed by atoms with E-state index in [0.717, 1.165) is 69.2 Å². The molecule has 26 nitrogen and oxygen atoms in total. The van der Waals surface area contributed by atoms with Gasteiger partial charge in [-0.05, 0) is 0 Å². The summed E-state index contributed by atoms with van der Waals surface area (Å²) in [5, 5.41) is 0.198. The number of ether oxygens (including phenoxy) is 16. The van der Waals surface area contributed by atoms with Crippen LogP contribution in [0.25, 0.3) is 0 Å². The molecule has 3 aliphatic rings. The number of carbonyl (C=O) groups is 10. The molecule has 0 radical (unpaired) electrons. The van der Waals surface area contributed by atoms with Crippen LogP contribution >= 0.6 is 15.9 Å². The van der Waals surface area contributed by atoms with Crippen LogP contribution in [-0.2, 0) is 124 Å². The first-order chi connectivity index (χ1) is 32.9. The van der Waals surface area contributed by atoms with Crippen molar-refractivity contribution in [2.45, 2.75) is 161 Å². The number of hydrogen-bond donors (Lipinski definition) is 0. The van der Waals surface area contributed by atoms with E-state index >= 15 is 0 Å². The minimum atomic E-state index is -3.50. The van der Waals surface area contributed by atoms with Crippen LogP contribution in [0.4, 0.5) is 0 Å². The summed E-state index contributed by atoms with van der Waals surface area (Å²) in [4.78, 5) is 126. The molecular formula is C40H55BrO26. The lowest BCUT2D eigenvalue weighted by atomic mass is 9.95. The lowest BCUT2D eigenvalue weighted by Gasteiger charge is -2.50. The second kappa shape index (κ2) is 26.5. The molecule has 0 aromatic carbocycles. The molecule has 0 saturated carbocycles. The highest BCUT2D eigenvalue weighted by Crippen LogP contribution is 2.38. The minimum Gasteiger partial charge on any atom is -0.463 e. The first-order valence-electron chi connectivity index (χ1n) is 22.1. The van der Waals surface area contributed by atoms with Crippen LogP contribution in [0.5, 0.6) is 0 Å². The van der Waals surface area contributed by atoms with Gasteiger partial charge >= 0.3 is 59.7 Å². The molecular weight excluding hydrogens is 976 g/mol. The summed E-state index contributed by atoms with van der Waals surface area (Å²) < 4.78 is 125. The van der Waals surface area contributed by atoms with E-state index in [4.69, 9.17) is 81.3 Å². The SMILES string of the molecule is [2H]C([2H])(OC(C)=O)[C@H]1O[C@H](O[C@@H]2[C@H](OC(C)=O)[C@@H](OC(C)=O)[C@H](O[C@H]3[C@H](OC(C)=O)[C@@H](OC(C)=O)[C@H](OCCBr)O[C@@H]3COC(C)=O)O[C@@H]2C([2H])([2H])OC(C)=O)[C@H](OC(C)=O)[C@@H](OC(C)=O)[C@H]1OC(C)=O. The Morgan fingerprint density at radius 1 is 0.388 bits per heavy atom. The molecule has 378 valence electrons. The highest BCUT2D eigenvalue weighted by molar-refractivity contribution is 9.09. The molecule has 0 aliphatic carbocycles. The topological polar surface area (TPSA) is 318 Å². The Hall–Kier alpha value is -5.06. The monoisotopic (exact) mass is 1030 g/mol. The Morgan fingerprint density at radius 3 is 1.04 bits per heavy atom. The van der Waals surface area contributed by atoms with Crippen molar-refractivity contribution in [3.8, 4) is 0 Å². The Kier molecular flexibility index (Phi) is 19.7. The smallest absolute Gasteiger partial charge is 0.303 e. The summed E-state index contributed by atoms with van der Waals surface area (Å²) in [6.07, 6.45) is -31.8. The molecule has 3 rings (SSSR count). The zero-order chi connectivity index (χ0) is 53.9. The Labute approximate surface area is 397 Å². The van der Waals surface area contributed by atoms with Crippen molar-refractivity contribution in [1.82, 2.24) is 0 Å². The van der Waals surface area contributed by atoms with E-state index in [1.165, 1.54) is 0 Å². The molecule has 0 bridgehead atoms. The largest absolute Gasteiger partial charge is 0.463 e. The van der Waals surface area contributed by atoms with Crippen molar-refractivity contribution in [1.29, 1.82) is 0 Å². The molecule has 0 unspecified atom stereocenters. The van der Waals surface area contributed by atoms with Crippen molar-refractivity contribution in [3.05, 3.63) is 0 Å². The van der Waals surface area contributed by atoms with Crippen molar-refractivity contribution >= 4 is 75.6 Å². The van der Waals surface area contributed by atoms with Gasteiger partial charge in [-0.3, -0.25) is 47.9 Å². The average Bonchev–Trinajstić information content (AvgIpc) is 3.19. The Morgan fingerprint density at radius 2 is 0.687 bits per heavy atom. The van der Waals surface area contributed by atoms with Crippen LogP contribution in [0.2, 0.25) is 0 Å². The van der Waals surface area contributed by atoms with Crippen LogP contribution in [0, 0.1) is 0 Å². The van der Waals surface area contributed by atoms with Crippen molar-refractivity contribution in [2.24, 2.45) is 0 Å². The van der Waals surface area contributed by atoms with Gasteiger partial charge in [0, 0.05) is 74.6 Å². The maximum atomic E-state index is 13.1. The van der Waals surface area contributed by atoms with Crippen molar-refractivity contribution < 1.29 is 129 Å². The Bertz CT molecular complexity index is 1970. The Balaban J connectivity index is 2.43. The summed E-state index contributed by atoms with van der Waals surface area (Å²) in [5.41, 5.74) is 0. The average molecular weight is 1040 g/mol. The number of alkyl halides is 1. The van der Waals surface area contributed by atoms with Crippen molar-refractivity contribution in [3.63, 3.8) is 0 Å². The lowest BCUT2D eigenvalue weighted by molar-refractivity contribution is -0.380. The number of hydrogen-bond acceptors (Lipinski definition) is 26. The van der Waals surface area contributed by atoms with E-state index in [1.807, 2.05) is 0 Å². The molecule has 0 aromatic rings. The summed E-state index contributed by atoms with van der Waals surface area (Å²) in [6, 6.07) is 0. The van der Waals surface area contributed by atoms with E-state index in [-0.39, 0.29) is 11.9 Å². The van der Waals surface area contributed by atoms with E-state index < -0.39 is 172 Å². The van der Waals surface area contributed by atoms with Crippen LogP contribution in [-0.4, -0.2) is 183 Å². The maximum absolute atomic E-state index is 13.1. The fourth-order valence-corrected chi connectivity index (χ4v) is 6.88. The number of rotatable bonds is 20. The van der Waals surface area contributed by atoms with Gasteiger partial charge in [0.1, 0.15) is 50.2 Å². The molecule has 3 fully saturated rings. The van der Waals surface area contributed by atoms with E-state index in [2.05, 4.69) is 15.9 Å².